The van der Waals surface area contributed by atoms with Crippen molar-refractivity contribution in [2.24, 2.45) is 5.92 Å². The van der Waals surface area contributed by atoms with E-state index in [1.807, 2.05) is 13.8 Å². The molecule has 0 spiro atoms. The van der Waals surface area contributed by atoms with Gasteiger partial charge in [-0.2, -0.15) is 0 Å². The lowest BCUT2D eigenvalue weighted by atomic mass is 9.75. The Morgan fingerprint density at radius 3 is 2.52 bits per heavy atom. The quantitative estimate of drug-likeness (QED) is 0.492. The third kappa shape index (κ3) is 4.49. The normalized spacial score (nSPS) is 16.6. The second-order valence-corrected chi connectivity index (χ2v) is 6.25. The molecule has 0 aliphatic heterocycles. The molecule has 0 aromatic carbocycles. The van der Waals surface area contributed by atoms with Crippen LogP contribution in [0.25, 0.3) is 0 Å². The van der Waals surface area contributed by atoms with E-state index in [1.54, 1.807) is 0 Å². The summed E-state index contributed by atoms with van der Waals surface area (Å²) in [6, 6.07) is 0. The first-order valence-corrected chi connectivity index (χ1v) is 7.60. The fourth-order valence-corrected chi connectivity index (χ4v) is 2.30. The Morgan fingerprint density at radius 2 is 2.04 bits per heavy atom. The summed E-state index contributed by atoms with van der Waals surface area (Å²) in [6.07, 6.45) is 5.60. The van der Waals surface area contributed by atoms with Gasteiger partial charge in [0.05, 0.1) is 12.1 Å². The summed E-state index contributed by atoms with van der Waals surface area (Å²) >= 11 is 0. The highest BCUT2D eigenvalue weighted by atomic mass is 16.4. The van der Waals surface area contributed by atoms with Crippen molar-refractivity contribution in [2.45, 2.75) is 44.6 Å². The molecular formula is C14H21BN4O4. The maximum atomic E-state index is 12.4. The molecular weight excluding hydrogens is 299 g/mol. The number of carbonyl (C=O) groups excluding carboxylic acids is 2. The van der Waals surface area contributed by atoms with Gasteiger partial charge in [0.2, 0.25) is 5.91 Å². The van der Waals surface area contributed by atoms with Crippen LogP contribution in [0.4, 0.5) is 0 Å². The van der Waals surface area contributed by atoms with E-state index in [-0.39, 0.29) is 11.6 Å². The van der Waals surface area contributed by atoms with Crippen LogP contribution in [0.1, 0.15) is 43.6 Å². The number of rotatable bonds is 7. The van der Waals surface area contributed by atoms with E-state index in [4.69, 9.17) is 0 Å². The molecule has 1 atom stereocenters. The van der Waals surface area contributed by atoms with Crippen molar-refractivity contribution >= 4 is 18.9 Å². The molecule has 0 unspecified atom stereocenters. The number of hydrogen-bond donors (Lipinski definition) is 4. The van der Waals surface area contributed by atoms with Crippen molar-refractivity contribution in [1.29, 1.82) is 0 Å². The van der Waals surface area contributed by atoms with Gasteiger partial charge < -0.3 is 20.7 Å². The fraction of sp³-hybridized carbons (Fsp3) is 0.571. The lowest BCUT2D eigenvalue weighted by Crippen LogP contribution is -2.55. The van der Waals surface area contributed by atoms with E-state index >= 15 is 0 Å². The van der Waals surface area contributed by atoms with Crippen LogP contribution in [0, 0.1) is 5.92 Å². The fourth-order valence-electron chi connectivity index (χ4n) is 2.30. The van der Waals surface area contributed by atoms with E-state index in [0.29, 0.717) is 19.3 Å². The van der Waals surface area contributed by atoms with Crippen LogP contribution >= 0.6 is 0 Å². The van der Waals surface area contributed by atoms with Gasteiger partial charge in [-0.25, -0.2) is 4.98 Å². The van der Waals surface area contributed by atoms with Gasteiger partial charge in [-0.1, -0.05) is 13.8 Å². The van der Waals surface area contributed by atoms with Gasteiger partial charge in [0.25, 0.3) is 5.91 Å². The highest BCUT2D eigenvalue weighted by molar-refractivity contribution is 6.43. The Labute approximate surface area is 134 Å². The van der Waals surface area contributed by atoms with E-state index in [2.05, 4.69) is 20.6 Å². The van der Waals surface area contributed by atoms with Crippen molar-refractivity contribution < 1.29 is 19.6 Å². The summed E-state index contributed by atoms with van der Waals surface area (Å²) in [5, 5.41) is 24.1. The van der Waals surface area contributed by atoms with E-state index < -0.39 is 30.4 Å². The van der Waals surface area contributed by atoms with Gasteiger partial charge in [-0.05, 0) is 25.2 Å². The molecule has 1 aromatic heterocycles. The third-order valence-corrected chi connectivity index (χ3v) is 3.73. The first-order valence-electron chi connectivity index (χ1n) is 7.60. The molecule has 4 N–H and O–H groups in total. The van der Waals surface area contributed by atoms with Crippen molar-refractivity contribution in [3.63, 3.8) is 0 Å². The molecule has 1 aromatic rings. The number of nitrogens with zero attached hydrogens (tertiary/aromatic N) is 2. The Hall–Kier alpha value is -2.00. The summed E-state index contributed by atoms with van der Waals surface area (Å²) in [5.74, 6) is -1.47. The Kier molecular flexibility index (Phi) is 5.32. The molecule has 1 aliphatic carbocycles. The van der Waals surface area contributed by atoms with Gasteiger partial charge in [0, 0.05) is 12.4 Å². The van der Waals surface area contributed by atoms with Crippen LogP contribution in [0.15, 0.2) is 18.6 Å². The molecule has 0 saturated heterocycles. The van der Waals surface area contributed by atoms with Crippen LogP contribution in [-0.2, 0) is 4.79 Å². The summed E-state index contributed by atoms with van der Waals surface area (Å²) in [5.41, 5.74) is -0.869. The minimum atomic E-state index is -1.65. The van der Waals surface area contributed by atoms with Gasteiger partial charge in [-0.3, -0.25) is 14.6 Å². The van der Waals surface area contributed by atoms with Crippen molar-refractivity contribution in [1.82, 2.24) is 20.6 Å². The molecule has 23 heavy (non-hydrogen) atoms. The lowest BCUT2D eigenvalue weighted by molar-refractivity contribution is -0.124. The van der Waals surface area contributed by atoms with Gasteiger partial charge in [0.1, 0.15) is 11.2 Å². The van der Waals surface area contributed by atoms with E-state index in [0.717, 1.165) is 0 Å². The molecule has 1 aliphatic rings. The van der Waals surface area contributed by atoms with Gasteiger partial charge in [-0.15, -0.1) is 0 Å². The monoisotopic (exact) mass is 320 g/mol. The predicted molar refractivity (Wildman–Crippen MR) is 83.0 cm³/mol. The van der Waals surface area contributed by atoms with Crippen LogP contribution in [0.2, 0.25) is 0 Å². The highest BCUT2D eigenvalue weighted by Gasteiger charge is 2.52. The van der Waals surface area contributed by atoms with Crippen molar-refractivity contribution in [3.05, 3.63) is 24.3 Å². The van der Waals surface area contributed by atoms with Crippen molar-refractivity contribution in [3.8, 4) is 0 Å². The molecule has 0 radical (unpaired) electrons. The number of hydrogen-bond acceptors (Lipinski definition) is 6. The molecule has 124 valence electrons. The average molecular weight is 320 g/mol. The largest absolute Gasteiger partial charge is 0.475 e. The third-order valence-electron chi connectivity index (χ3n) is 3.73. The van der Waals surface area contributed by atoms with Crippen LogP contribution in [0.5, 0.6) is 0 Å². The minimum absolute atomic E-state index is 0.132. The molecule has 0 bridgehead atoms. The minimum Gasteiger partial charge on any atom is -0.426 e. The summed E-state index contributed by atoms with van der Waals surface area (Å²) in [7, 11) is -1.65. The second kappa shape index (κ2) is 7.05. The van der Waals surface area contributed by atoms with Crippen LogP contribution in [0.3, 0.4) is 0 Å². The molecule has 9 heteroatoms. The number of carbonyl (C=O) groups is 2. The smallest absolute Gasteiger partial charge is 0.426 e. The lowest BCUT2D eigenvalue weighted by Gasteiger charge is -2.23. The van der Waals surface area contributed by atoms with Crippen molar-refractivity contribution in [2.75, 3.05) is 0 Å². The zero-order valence-corrected chi connectivity index (χ0v) is 13.2. The molecule has 1 fully saturated rings. The van der Waals surface area contributed by atoms with E-state index in [9.17, 15) is 19.6 Å². The van der Waals surface area contributed by atoms with Gasteiger partial charge >= 0.3 is 7.12 Å². The summed E-state index contributed by atoms with van der Waals surface area (Å²) in [6.45, 7) is 3.84. The van der Waals surface area contributed by atoms with Crippen LogP contribution in [-0.4, -0.2) is 50.4 Å². The Balaban J connectivity index is 1.99. The number of aromatic nitrogens is 2. The maximum Gasteiger partial charge on any atom is 0.475 e. The standard InChI is InChI=1S/C14H21BN4O4/c1-9(2)7-11(15(22)23)18-13(21)14(3-4-14)19-12(20)10-8-16-5-6-17-10/h5-6,8-9,11,22-23H,3-4,7H2,1-2H3,(H,18,21)(H,19,20)/t11-/m1/s1. The molecule has 1 heterocycles. The SMILES string of the molecule is CC(C)C[C@@H](NC(=O)C1(NC(=O)c2cnccn2)CC1)B(O)O. The second-order valence-electron chi connectivity index (χ2n) is 6.25. The first-order chi connectivity index (χ1) is 10.8. The molecule has 2 rings (SSSR count). The molecule has 8 nitrogen and oxygen atoms in total. The predicted octanol–water partition coefficient (Wildman–Crippen LogP) is -0.718. The molecule has 2 amide bonds. The average Bonchev–Trinajstić information content (AvgIpc) is 3.27. The Bertz CT molecular complexity index is 563. The van der Waals surface area contributed by atoms with Gasteiger partial charge in [0.15, 0.2) is 0 Å². The number of amides is 2. The molecule has 1 saturated carbocycles. The zero-order chi connectivity index (χ0) is 17.0. The van der Waals surface area contributed by atoms with E-state index in [1.165, 1.54) is 18.6 Å². The summed E-state index contributed by atoms with van der Waals surface area (Å²) in [4.78, 5) is 32.2. The summed E-state index contributed by atoms with van der Waals surface area (Å²) < 4.78 is 0. The first kappa shape index (κ1) is 17.4. The number of nitrogens with one attached hydrogen (secondary N) is 2. The van der Waals surface area contributed by atoms with Crippen LogP contribution < -0.4 is 10.6 Å². The Morgan fingerprint density at radius 1 is 1.35 bits per heavy atom. The zero-order valence-electron chi connectivity index (χ0n) is 13.2. The topological polar surface area (TPSA) is 124 Å². The highest BCUT2D eigenvalue weighted by Crippen LogP contribution is 2.36. The maximum absolute atomic E-state index is 12.4.